The molecule has 17 heavy (non-hydrogen) atoms. The van der Waals surface area contributed by atoms with Gasteiger partial charge < -0.3 is 0 Å². The minimum absolute atomic E-state index is 0.575. The number of benzene rings is 1. The minimum atomic E-state index is -1.26. The molecule has 0 atom stereocenters. The van der Waals surface area contributed by atoms with Gasteiger partial charge in [-0.2, -0.15) is 0 Å². The standard InChI is InChI=1S/C13H17FN2Xe/c1-10-5-7-12(8-6-10)13(9-16(3)4)15-11(2)17-14/h5-9H,1-4H3/b13-9-,15-11?. The van der Waals surface area contributed by atoms with Gasteiger partial charge in [0.15, 0.2) is 0 Å². The van der Waals surface area contributed by atoms with Gasteiger partial charge in [0.05, 0.1) is 0 Å². The number of hydrogen-bond donors (Lipinski definition) is 0. The second-order valence-electron chi connectivity index (χ2n) is 4.00. The van der Waals surface area contributed by atoms with Crippen LogP contribution in [0.4, 0.5) is 0.0835 Å². The summed E-state index contributed by atoms with van der Waals surface area (Å²) in [6, 6.07) is 8.09. The quantitative estimate of drug-likeness (QED) is 0.761. The summed E-state index contributed by atoms with van der Waals surface area (Å²) in [6.07, 6.45) is 1.91. The molecule has 0 heterocycles. The van der Waals surface area contributed by atoms with E-state index in [1.165, 1.54) is 5.56 Å². The van der Waals surface area contributed by atoms with E-state index in [9.17, 15) is 0.0835 Å². The Hall–Kier alpha value is -0.0686. The van der Waals surface area contributed by atoms with Crippen molar-refractivity contribution in [3.05, 3.63) is 41.6 Å². The van der Waals surface area contributed by atoms with Crippen LogP contribution in [-0.4, -0.2) is 19.2 Å². The van der Waals surface area contributed by atoms with Gasteiger partial charge in [-0.3, -0.25) is 0 Å². The molecule has 94 valence electrons. The summed E-state index contributed by atoms with van der Waals surface area (Å²) in [5.74, 6) is 0. The summed E-state index contributed by atoms with van der Waals surface area (Å²) in [5.41, 5.74) is 3.02. The molecule has 0 amide bonds. The van der Waals surface area contributed by atoms with Crippen LogP contribution in [0.25, 0.3) is 5.70 Å². The number of nitrogens with zero attached hydrogens (tertiary/aromatic N) is 2. The van der Waals surface area contributed by atoms with E-state index < -0.39 is 45.1 Å². The fourth-order valence-electron chi connectivity index (χ4n) is 1.31. The van der Waals surface area contributed by atoms with Gasteiger partial charge in [0, 0.05) is 0 Å². The molecule has 0 aliphatic heterocycles. The normalized spacial score (nSPS) is 13.0. The van der Waals surface area contributed by atoms with Gasteiger partial charge in [-0.15, -0.1) is 0 Å². The molecule has 1 rings (SSSR count). The van der Waals surface area contributed by atoms with E-state index in [1.807, 2.05) is 56.4 Å². The summed E-state index contributed by atoms with van der Waals surface area (Å²) in [4.78, 5) is 6.25. The van der Waals surface area contributed by atoms with Crippen molar-refractivity contribution in [3.8, 4) is 0 Å². The van der Waals surface area contributed by atoms with E-state index in [0.717, 1.165) is 11.3 Å². The van der Waals surface area contributed by atoms with Gasteiger partial charge in [0.1, 0.15) is 0 Å². The molecule has 0 saturated carbocycles. The molecular weight excluding hydrogens is 334 g/mol. The molecule has 1 aromatic carbocycles. The molecular formula is C13H17FN2Xe. The Morgan fingerprint density at radius 1 is 1.29 bits per heavy atom. The SMILES string of the molecule is CC(=N/C(=C\N(C)C)c1ccc(C)cc1)[Xe]F. The van der Waals surface area contributed by atoms with Crippen molar-refractivity contribution in [2.45, 2.75) is 13.8 Å². The maximum atomic E-state index is 12.6. The Bertz CT molecular complexity index is 422. The van der Waals surface area contributed by atoms with Gasteiger partial charge in [-0.25, -0.2) is 0 Å². The zero-order valence-electron chi connectivity index (χ0n) is 10.5. The molecule has 4 heteroatoms. The van der Waals surface area contributed by atoms with Crippen LogP contribution in [0.3, 0.4) is 0 Å². The number of halogens is 1. The zero-order valence-corrected chi connectivity index (χ0v) is 12.5. The van der Waals surface area contributed by atoms with Crippen LogP contribution in [0.15, 0.2) is 35.5 Å². The molecule has 2 nitrogen and oxygen atoms in total. The van der Waals surface area contributed by atoms with E-state index in [4.69, 9.17) is 0 Å². The number of aryl methyl sites for hydroxylation is 1. The van der Waals surface area contributed by atoms with Crippen LogP contribution in [-0.2, 0) is 0 Å². The molecule has 0 spiro atoms. The first-order valence-electron chi connectivity index (χ1n) is 5.27. The summed E-state index contributed by atoms with van der Waals surface area (Å²) < 4.78 is 13.2. The third-order valence-corrected chi connectivity index (χ3v) is 2.87. The van der Waals surface area contributed by atoms with Crippen molar-refractivity contribution < 1.29 is 45.2 Å². The van der Waals surface area contributed by atoms with Gasteiger partial charge in [0.25, 0.3) is 0 Å². The van der Waals surface area contributed by atoms with Crippen LogP contribution in [0.1, 0.15) is 18.1 Å². The van der Waals surface area contributed by atoms with Gasteiger partial charge in [-0.1, -0.05) is 0 Å². The average molecular weight is 352 g/mol. The molecule has 1 aromatic rings. The van der Waals surface area contributed by atoms with Crippen molar-refractivity contribution in [1.29, 1.82) is 0 Å². The summed E-state index contributed by atoms with van der Waals surface area (Å²) in [5, 5.41) is 0. The van der Waals surface area contributed by atoms with Gasteiger partial charge >= 0.3 is 130 Å². The van der Waals surface area contributed by atoms with E-state index in [1.54, 1.807) is 6.92 Å². The zero-order chi connectivity index (χ0) is 12.8. The van der Waals surface area contributed by atoms with Crippen molar-refractivity contribution in [2.24, 2.45) is 4.99 Å². The number of hydrogen-bond acceptors (Lipinski definition) is 2. The Kier molecular flexibility index (Phi) is 6.51. The molecule has 0 aromatic heterocycles. The van der Waals surface area contributed by atoms with Crippen LogP contribution >= 0.6 is 0 Å². The Labute approximate surface area is 129 Å². The predicted molar refractivity (Wildman–Crippen MR) is 67.1 cm³/mol. The topological polar surface area (TPSA) is 15.6 Å². The Morgan fingerprint density at radius 3 is 2.35 bits per heavy atom. The molecule has 0 fully saturated rings. The number of rotatable bonds is 4. The second kappa shape index (κ2) is 7.38. The van der Waals surface area contributed by atoms with Crippen molar-refractivity contribution in [1.82, 2.24) is 4.90 Å². The van der Waals surface area contributed by atoms with Crippen molar-refractivity contribution in [2.75, 3.05) is 14.1 Å². The van der Waals surface area contributed by atoms with Gasteiger partial charge in [-0.05, 0) is 0 Å². The fraction of sp³-hybridized carbons (Fsp3) is 0.308. The summed E-state index contributed by atoms with van der Waals surface area (Å²) >= 11 is -1.26. The van der Waals surface area contributed by atoms with Gasteiger partial charge in [0.2, 0.25) is 0 Å². The molecule has 0 saturated heterocycles. The van der Waals surface area contributed by atoms with Crippen LogP contribution in [0.2, 0.25) is 0 Å². The Balaban J connectivity index is 3.11. The Morgan fingerprint density at radius 2 is 1.88 bits per heavy atom. The first-order chi connectivity index (χ1) is 8.02. The summed E-state index contributed by atoms with van der Waals surface area (Å²) in [7, 11) is 3.86. The molecule has 0 radical (unpaired) electrons. The van der Waals surface area contributed by atoms with E-state index in [0.29, 0.717) is 0.180 Å². The number of aliphatic imine (C=N–C) groups is 1. The van der Waals surface area contributed by atoms with Crippen LogP contribution < -0.4 is 0 Å². The second-order valence-corrected chi connectivity index (χ2v) is 5.84. The van der Waals surface area contributed by atoms with Crippen LogP contribution in [0, 0.1) is 52.0 Å². The van der Waals surface area contributed by atoms with E-state index >= 15 is 0 Å². The van der Waals surface area contributed by atoms with Crippen molar-refractivity contribution in [3.63, 3.8) is 0 Å². The van der Waals surface area contributed by atoms with E-state index in [-0.39, 0.29) is 0 Å². The first-order valence-corrected chi connectivity index (χ1v) is 7.04. The third-order valence-electron chi connectivity index (χ3n) is 2.10. The molecule has 0 bridgehead atoms. The van der Waals surface area contributed by atoms with E-state index in [2.05, 4.69) is 4.99 Å². The molecule has 0 unspecified atom stereocenters. The monoisotopic (exact) mass is 352 g/mol. The summed E-state index contributed by atoms with van der Waals surface area (Å²) in [6.45, 7) is 3.77. The third kappa shape index (κ3) is 5.40. The average Bonchev–Trinajstić information content (AvgIpc) is 2.28. The fourth-order valence-corrected chi connectivity index (χ4v) is 1.64. The molecule has 0 N–H and O–H groups in total. The molecule has 0 aliphatic rings. The molecule has 0 aliphatic carbocycles. The van der Waals surface area contributed by atoms with Crippen molar-refractivity contribution >= 4 is 5.88 Å². The first kappa shape index (κ1) is 15.0. The maximum absolute atomic E-state index is 12.6. The van der Waals surface area contributed by atoms with Crippen LogP contribution in [0.5, 0.6) is 0 Å². The predicted octanol–water partition coefficient (Wildman–Crippen LogP) is 3.24.